The summed E-state index contributed by atoms with van der Waals surface area (Å²) in [4.78, 5) is 23.6. The van der Waals surface area contributed by atoms with Crippen LogP contribution >= 0.6 is 27.5 Å². The summed E-state index contributed by atoms with van der Waals surface area (Å²) in [6, 6.07) is 10.7. The van der Waals surface area contributed by atoms with E-state index in [1.54, 1.807) is 24.3 Å². The van der Waals surface area contributed by atoms with E-state index in [1.165, 1.54) is 0 Å². The number of hydrogen-bond acceptors (Lipinski definition) is 3. The first-order valence-electron chi connectivity index (χ1n) is 7.57. The van der Waals surface area contributed by atoms with Gasteiger partial charge in [0, 0.05) is 9.50 Å². The Morgan fingerprint density at radius 2 is 1.60 bits per heavy atom. The second-order valence-corrected chi connectivity index (χ2v) is 6.91. The van der Waals surface area contributed by atoms with Gasteiger partial charge < -0.3 is 4.74 Å². The van der Waals surface area contributed by atoms with Gasteiger partial charge >= 0.3 is 0 Å². The lowest BCUT2D eigenvalue weighted by atomic mass is 10.1. The quantitative estimate of drug-likeness (QED) is 0.721. The average Bonchev–Trinajstić information content (AvgIpc) is 2.54. The van der Waals surface area contributed by atoms with Crippen molar-refractivity contribution in [3.05, 3.63) is 62.6 Å². The molecular weight excluding hydrogens is 408 g/mol. The van der Waals surface area contributed by atoms with E-state index in [0.29, 0.717) is 10.8 Å². The predicted octanol–water partition coefficient (Wildman–Crippen LogP) is 3.49. The van der Waals surface area contributed by atoms with Crippen LogP contribution in [-0.4, -0.2) is 18.4 Å². The zero-order valence-electron chi connectivity index (χ0n) is 13.9. The zero-order chi connectivity index (χ0) is 18.4. The van der Waals surface area contributed by atoms with E-state index >= 15 is 0 Å². The fraction of sp³-hybridized carbons (Fsp3) is 0.222. The van der Waals surface area contributed by atoms with Crippen molar-refractivity contribution in [2.24, 2.45) is 0 Å². The van der Waals surface area contributed by atoms with Crippen molar-refractivity contribution in [3.8, 4) is 5.75 Å². The van der Waals surface area contributed by atoms with E-state index < -0.39 is 5.91 Å². The number of rotatable bonds is 5. The Balaban J connectivity index is 1.79. The highest BCUT2D eigenvalue weighted by atomic mass is 79.9. The van der Waals surface area contributed by atoms with Crippen LogP contribution < -0.4 is 15.6 Å². The minimum Gasteiger partial charge on any atom is -0.483 e. The first kappa shape index (κ1) is 19.3. The summed E-state index contributed by atoms with van der Waals surface area (Å²) in [5, 5.41) is 0.605. The van der Waals surface area contributed by atoms with Crippen LogP contribution in [0.25, 0.3) is 0 Å². The number of carbonyl (C=O) groups excluding carboxylic acids is 2. The van der Waals surface area contributed by atoms with E-state index in [-0.39, 0.29) is 18.9 Å². The summed E-state index contributed by atoms with van der Waals surface area (Å²) in [5.74, 6) is -0.108. The number of nitrogens with one attached hydrogen (secondary N) is 2. The molecule has 0 aliphatic carbocycles. The maximum atomic E-state index is 11.8. The van der Waals surface area contributed by atoms with Crippen LogP contribution in [0.15, 0.2) is 40.9 Å². The lowest BCUT2D eigenvalue weighted by molar-refractivity contribution is -0.129. The normalized spacial score (nSPS) is 10.2. The molecule has 0 radical (unpaired) electrons. The molecule has 2 aromatic rings. The van der Waals surface area contributed by atoms with Crippen molar-refractivity contribution in [3.63, 3.8) is 0 Å². The van der Waals surface area contributed by atoms with E-state index in [2.05, 4.69) is 26.8 Å². The van der Waals surface area contributed by atoms with E-state index in [0.717, 1.165) is 21.2 Å². The highest BCUT2D eigenvalue weighted by molar-refractivity contribution is 9.10. The maximum Gasteiger partial charge on any atom is 0.276 e. The van der Waals surface area contributed by atoms with Gasteiger partial charge in [-0.15, -0.1) is 0 Å². The highest BCUT2D eigenvalue weighted by Gasteiger charge is 2.10. The van der Waals surface area contributed by atoms with Gasteiger partial charge in [0.2, 0.25) is 5.91 Å². The summed E-state index contributed by atoms with van der Waals surface area (Å²) in [7, 11) is 0. The second-order valence-electron chi connectivity index (χ2n) is 5.56. The molecule has 0 heterocycles. The van der Waals surface area contributed by atoms with Gasteiger partial charge in [0.1, 0.15) is 5.75 Å². The average molecular weight is 426 g/mol. The van der Waals surface area contributed by atoms with Crippen molar-refractivity contribution >= 4 is 39.3 Å². The Morgan fingerprint density at radius 1 is 1.04 bits per heavy atom. The van der Waals surface area contributed by atoms with Crippen LogP contribution in [0.1, 0.15) is 16.7 Å². The van der Waals surface area contributed by atoms with Crippen molar-refractivity contribution in [2.45, 2.75) is 20.3 Å². The van der Waals surface area contributed by atoms with Crippen LogP contribution in [0.4, 0.5) is 0 Å². The standard InChI is InChI=1S/C18H18BrClN2O3/c1-11-7-14(19)8-12(2)18(11)25-10-17(24)22-21-16(23)9-13-3-5-15(20)6-4-13/h3-8H,9-10H2,1-2H3,(H,21,23)(H,22,24). The Labute approximate surface area is 159 Å². The van der Waals surface area contributed by atoms with Gasteiger partial charge in [-0.3, -0.25) is 20.4 Å². The minimum atomic E-state index is -0.439. The molecule has 0 unspecified atom stereocenters. The lowest BCUT2D eigenvalue weighted by Crippen LogP contribution is -2.44. The number of hydrazine groups is 1. The van der Waals surface area contributed by atoms with Gasteiger partial charge in [0.15, 0.2) is 6.61 Å². The van der Waals surface area contributed by atoms with Crippen LogP contribution in [0, 0.1) is 13.8 Å². The summed E-state index contributed by atoms with van der Waals surface area (Å²) in [5.41, 5.74) is 7.34. The molecule has 132 valence electrons. The number of halogens is 2. The van der Waals surface area contributed by atoms with Gasteiger partial charge in [0.25, 0.3) is 5.91 Å². The summed E-state index contributed by atoms with van der Waals surface area (Å²) >= 11 is 9.20. The molecule has 0 aliphatic rings. The van der Waals surface area contributed by atoms with E-state index in [4.69, 9.17) is 16.3 Å². The van der Waals surface area contributed by atoms with Crippen LogP contribution in [0.2, 0.25) is 5.02 Å². The largest absolute Gasteiger partial charge is 0.483 e. The second kappa shape index (κ2) is 8.87. The summed E-state index contributed by atoms with van der Waals surface area (Å²) < 4.78 is 6.50. The van der Waals surface area contributed by atoms with Gasteiger partial charge in [-0.1, -0.05) is 39.7 Å². The van der Waals surface area contributed by atoms with Crippen molar-refractivity contribution in [2.75, 3.05) is 6.61 Å². The Morgan fingerprint density at radius 3 is 2.20 bits per heavy atom. The SMILES string of the molecule is Cc1cc(Br)cc(C)c1OCC(=O)NNC(=O)Cc1ccc(Cl)cc1. The molecule has 5 nitrogen and oxygen atoms in total. The number of aryl methyl sites for hydroxylation is 2. The lowest BCUT2D eigenvalue weighted by Gasteiger charge is -2.13. The highest BCUT2D eigenvalue weighted by Crippen LogP contribution is 2.27. The van der Waals surface area contributed by atoms with Crippen molar-refractivity contribution in [1.29, 1.82) is 0 Å². The van der Waals surface area contributed by atoms with Crippen molar-refractivity contribution in [1.82, 2.24) is 10.9 Å². The first-order chi connectivity index (χ1) is 11.8. The Hall–Kier alpha value is -2.05. The molecule has 7 heteroatoms. The number of benzene rings is 2. The number of amides is 2. The number of hydrogen-bond donors (Lipinski definition) is 2. The smallest absolute Gasteiger partial charge is 0.276 e. The fourth-order valence-corrected chi connectivity index (χ4v) is 3.08. The third-order valence-electron chi connectivity index (χ3n) is 3.39. The van der Waals surface area contributed by atoms with Crippen LogP contribution in [-0.2, 0) is 16.0 Å². The summed E-state index contributed by atoms with van der Waals surface area (Å²) in [6.07, 6.45) is 0.142. The molecule has 0 saturated carbocycles. The first-order valence-corrected chi connectivity index (χ1v) is 8.74. The van der Waals surface area contributed by atoms with Crippen LogP contribution in [0.3, 0.4) is 0 Å². The minimum absolute atomic E-state index is 0.142. The molecule has 25 heavy (non-hydrogen) atoms. The summed E-state index contributed by atoms with van der Waals surface area (Å²) in [6.45, 7) is 3.61. The monoisotopic (exact) mass is 424 g/mol. The Kier molecular flexibility index (Phi) is 6.84. The zero-order valence-corrected chi connectivity index (χ0v) is 16.2. The van der Waals surface area contributed by atoms with Gasteiger partial charge in [0.05, 0.1) is 6.42 Å². The molecule has 0 spiro atoms. The van der Waals surface area contributed by atoms with Gasteiger partial charge in [-0.2, -0.15) is 0 Å². The molecule has 2 rings (SSSR count). The van der Waals surface area contributed by atoms with Crippen LogP contribution in [0.5, 0.6) is 5.75 Å². The molecule has 2 amide bonds. The molecular formula is C18H18BrClN2O3. The van der Waals surface area contributed by atoms with Crippen molar-refractivity contribution < 1.29 is 14.3 Å². The third-order valence-corrected chi connectivity index (χ3v) is 4.10. The third kappa shape index (κ3) is 6.07. The molecule has 0 bridgehead atoms. The van der Waals surface area contributed by atoms with E-state index in [1.807, 2.05) is 26.0 Å². The molecule has 0 fully saturated rings. The predicted molar refractivity (Wildman–Crippen MR) is 101 cm³/mol. The molecule has 2 N–H and O–H groups in total. The molecule has 2 aromatic carbocycles. The molecule has 0 saturated heterocycles. The maximum absolute atomic E-state index is 11.8. The molecule has 0 aromatic heterocycles. The number of carbonyl (C=O) groups is 2. The number of ether oxygens (including phenoxy) is 1. The molecule has 0 atom stereocenters. The van der Waals surface area contributed by atoms with Gasteiger partial charge in [-0.05, 0) is 54.8 Å². The molecule has 0 aliphatic heterocycles. The van der Waals surface area contributed by atoms with Gasteiger partial charge in [-0.25, -0.2) is 0 Å². The Bertz CT molecular complexity index is 755. The fourth-order valence-electron chi connectivity index (χ4n) is 2.27. The topological polar surface area (TPSA) is 67.4 Å². The van der Waals surface area contributed by atoms with E-state index in [9.17, 15) is 9.59 Å².